The average molecular weight is 364 g/mol. The van der Waals surface area contributed by atoms with Crippen LogP contribution in [0.25, 0.3) is 27.8 Å². The number of nitrogen functional groups attached to an aromatic ring is 1. The van der Waals surface area contributed by atoms with E-state index in [0.29, 0.717) is 16.8 Å². The topological polar surface area (TPSA) is 113 Å². The molecule has 0 amide bonds. The summed E-state index contributed by atoms with van der Waals surface area (Å²) in [6.45, 7) is 0. The fraction of sp³-hybridized carbons (Fsp3) is 0. The van der Waals surface area contributed by atoms with Crippen LogP contribution in [0.1, 0.15) is 5.56 Å². The molecule has 0 fully saturated rings. The number of nitrogens with one attached hydrogen (secondary N) is 1. The van der Waals surface area contributed by atoms with Crippen molar-refractivity contribution in [3.05, 3.63) is 70.3 Å². The van der Waals surface area contributed by atoms with Crippen molar-refractivity contribution in [1.29, 1.82) is 5.26 Å². The minimum atomic E-state index is -0.914. The van der Waals surface area contributed by atoms with Crippen LogP contribution >= 0.6 is 0 Å². The van der Waals surface area contributed by atoms with Crippen LogP contribution in [0.5, 0.6) is 0 Å². The Kier molecular flexibility index (Phi) is 3.67. The van der Waals surface area contributed by atoms with E-state index in [0.717, 1.165) is 16.7 Å². The lowest BCUT2D eigenvalue weighted by atomic mass is 10.1. The molecule has 0 unspecified atom stereocenters. The number of hydrogen-bond acceptors (Lipinski definition) is 5. The van der Waals surface area contributed by atoms with E-state index in [1.807, 2.05) is 6.07 Å². The van der Waals surface area contributed by atoms with Crippen molar-refractivity contribution < 1.29 is 8.78 Å². The van der Waals surface area contributed by atoms with E-state index >= 15 is 0 Å². The van der Waals surface area contributed by atoms with E-state index in [-0.39, 0.29) is 16.7 Å². The summed E-state index contributed by atoms with van der Waals surface area (Å²) in [6, 6.07) is 8.26. The van der Waals surface area contributed by atoms with Gasteiger partial charge in [-0.1, -0.05) is 6.07 Å². The first-order valence-electron chi connectivity index (χ1n) is 7.71. The third-order valence-electron chi connectivity index (χ3n) is 4.10. The number of aromatic nitrogens is 4. The van der Waals surface area contributed by atoms with E-state index < -0.39 is 22.9 Å². The Morgan fingerprint density at radius 3 is 2.67 bits per heavy atom. The molecule has 4 aromatic rings. The maximum Gasteiger partial charge on any atom is 0.268 e. The Labute approximate surface area is 150 Å². The first-order chi connectivity index (χ1) is 13.0. The third kappa shape index (κ3) is 2.51. The number of anilines is 1. The summed E-state index contributed by atoms with van der Waals surface area (Å²) >= 11 is 0. The molecule has 132 valence electrons. The van der Waals surface area contributed by atoms with E-state index in [1.165, 1.54) is 30.6 Å². The summed E-state index contributed by atoms with van der Waals surface area (Å²) in [4.78, 5) is 17.0. The highest BCUT2D eigenvalue weighted by Crippen LogP contribution is 2.28. The Morgan fingerprint density at radius 1 is 1.22 bits per heavy atom. The van der Waals surface area contributed by atoms with E-state index in [4.69, 9.17) is 11.0 Å². The Bertz CT molecular complexity index is 1280. The van der Waals surface area contributed by atoms with Crippen LogP contribution in [0.3, 0.4) is 0 Å². The van der Waals surface area contributed by atoms with Gasteiger partial charge in [0.2, 0.25) is 0 Å². The number of para-hydroxylation sites is 1. The normalized spacial score (nSPS) is 10.9. The smallest absolute Gasteiger partial charge is 0.268 e. The van der Waals surface area contributed by atoms with Crippen LogP contribution in [0.15, 0.2) is 47.5 Å². The first kappa shape index (κ1) is 16.4. The van der Waals surface area contributed by atoms with Crippen LogP contribution in [0.4, 0.5) is 14.6 Å². The number of benzene rings is 1. The fourth-order valence-corrected chi connectivity index (χ4v) is 2.87. The Morgan fingerprint density at radius 2 is 1.96 bits per heavy atom. The lowest BCUT2D eigenvalue weighted by Crippen LogP contribution is -2.21. The molecule has 3 aromatic heterocycles. The van der Waals surface area contributed by atoms with Gasteiger partial charge in [0.1, 0.15) is 22.7 Å². The third-order valence-corrected chi connectivity index (χ3v) is 4.10. The second-order valence-electron chi connectivity index (χ2n) is 5.69. The van der Waals surface area contributed by atoms with Gasteiger partial charge < -0.3 is 5.73 Å². The number of pyridine rings is 2. The molecule has 27 heavy (non-hydrogen) atoms. The molecule has 7 nitrogen and oxygen atoms in total. The number of nitrogens with zero attached hydrogens (tertiary/aromatic N) is 4. The summed E-state index contributed by atoms with van der Waals surface area (Å²) in [7, 11) is 0. The number of nitrogens with two attached hydrogens (primary N) is 1. The standard InChI is InChI=1S/C18H10F2N6O/c19-11-2-1-3-12(20)16(11)26-8-10(13-6-9(7-21)4-5-23-13)15-14(18(26)27)17(22)25-24-15/h1-6,8H,(H3,22,24,25). The number of rotatable bonds is 2. The van der Waals surface area contributed by atoms with Crippen LogP contribution in [-0.2, 0) is 0 Å². The minimum Gasteiger partial charge on any atom is -0.382 e. The predicted molar refractivity (Wildman–Crippen MR) is 94.0 cm³/mol. The largest absolute Gasteiger partial charge is 0.382 e. The van der Waals surface area contributed by atoms with Crippen molar-refractivity contribution in [2.75, 3.05) is 5.73 Å². The van der Waals surface area contributed by atoms with Crippen molar-refractivity contribution in [2.24, 2.45) is 0 Å². The maximum absolute atomic E-state index is 14.3. The zero-order valence-corrected chi connectivity index (χ0v) is 13.6. The van der Waals surface area contributed by atoms with Gasteiger partial charge in [0.05, 0.1) is 22.8 Å². The zero-order valence-electron chi connectivity index (χ0n) is 13.6. The van der Waals surface area contributed by atoms with Gasteiger partial charge >= 0.3 is 0 Å². The molecule has 0 aliphatic carbocycles. The molecule has 3 N–H and O–H groups in total. The summed E-state index contributed by atoms with van der Waals surface area (Å²) < 4.78 is 29.4. The molecule has 0 radical (unpaired) electrons. The van der Waals surface area contributed by atoms with Crippen LogP contribution in [0.2, 0.25) is 0 Å². The fourth-order valence-electron chi connectivity index (χ4n) is 2.87. The van der Waals surface area contributed by atoms with Gasteiger partial charge in [-0.25, -0.2) is 8.78 Å². The van der Waals surface area contributed by atoms with Gasteiger partial charge in [-0.2, -0.15) is 10.4 Å². The lowest BCUT2D eigenvalue weighted by molar-refractivity contribution is 0.567. The monoisotopic (exact) mass is 364 g/mol. The molecule has 0 spiro atoms. The van der Waals surface area contributed by atoms with Crippen molar-refractivity contribution in [3.8, 4) is 23.0 Å². The number of halogens is 2. The van der Waals surface area contributed by atoms with E-state index in [9.17, 15) is 13.6 Å². The summed E-state index contributed by atoms with van der Waals surface area (Å²) in [5.41, 5.74) is 5.73. The molecule has 9 heteroatoms. The minimum absolute atomic E-state index is 0.0284. The summed E-state index contributed by atoms with van der Waals surface area (Å²) in [5.74, 6) is -1.94. The summed E-state index contributed by atoms with van der Waals surface area (Å²) in [6.07, 6.45) is 2.66. The Balaban J connectivity index is 2.14. The predicted octanol–water partition coefficient (Wildman–Crippen LogP) is 2.51. The number of hydrogen-bond donors (Lipinski definition) is 2. The number of aromatic amines is 1. The van der Waals surface area contributed by atoms with E-state index in [1.54, 1.807) is 0 Å². The molecule has 4 rings (SSSR count). The molecular weight excluding hydrogens is 354 g/mol. The van der Waals surface area contributed by atoms with Gasteiger partial charge in [-0.3, -0.25) is 19.4 Å². The van der Waals surface area contributed by atoms with Crippen LogP contribution in [0, 0.1) is 23.0 Å². The highest BCUT2D eigenvalue weighted by atomic mass is 19.1. The molecule has 3 heterocycles. The molecule has 0 saturated heterocycles. The van der Waals surface area contributed by atoms with Gasteiger partial charge in [-0.05, 0) is 24.3 Å². The number of H-pyrrole nitrogens is 1. The van der Waals surface area contributed by atoms with Crippen LogP contribution < -0.4 is 11.3 Å². The maximum atomic E-state index is 14.3. The molecule has 0 aliphatic rings. The zero-order chi connectivity index (χ0) is 19.1. The van der Waals surface area contributed by atoms with E-state index in [2.05, 4.69) is 15.2 Å². The number of fused-ring (bicyclic) bond motifs is 1. The van der Waals surface area contributed by atoms with Crippen LogP contribution in [-0.4, -0.2) is 19.7 Å². The highest BCUT2D eigenvalue weighted by molar-refractivity contribution is 5.97. The second kappa shape index (κ2) is 6.03. The lowest BCUT2D eigenvalue weighted by Gasteiger charge is -2.11. The molecule has 0 bridgehead atoms. The van der Waals surface area contributed by atoms with Gasteiger partial charge in [0, 0.05) is 18.0 Å². The average Bonchev–Trinajstić information content (AvgIpc) is 3.05. The quantitative estimate of drug-likeness (QED) is 0.567. The Hall–Kier alpha value is -4.06. The van der Waals surface area contributed by atoms with Gasteiger partial charge in [-0.15, -0.1) is 0 Å². The molecular formula is C18H10F2N6O. The first-order valence-corrected chi connectivity index (χ1v) is 7.71. The molecule has 0 saturated carbocycles. The number of nitriles is 1. The second-order valence-corrected chi connectivity index (χ2v) is 5.69. The SMILES string of the molecule is N#Cc1ccnc(-c2cn(-c3c(F)cccc3F)c(=O)c3c(N)n[nH]c23)c1. The highest BCUT2D eigenvalue weighted by Gasteiger charge is 2.20. The van der Waals surface area contributed by atoms with Crippen molar-refractivity contribution in [2.45, 2.75) is 0 Å². The molecule has 0 atom stereocenters. The van der Waals surface area contributed by atoms with Crippen molar-refractivity contribution in [1.82, 2.24) is 19.7 Å². The van der Waals surface area contributed by atoms with Gasteiger partial charge in [0.25, 0.3) is 5.56 Å². The van der Waals surface area contributed by atoms with Crippen molar-refractivity contribution >= 4 is 16.7 Å². The summed E-state index contributed by atoms with van der Waals surface area (Å²) in [5, 5.41) is 15.5. The van der Waals surface area contributed by atoms with Gasteiger partial charge in [0.15, 0.2) is 5.82 Å². The van der Waals surface area contributed by atoms with Crippen molar-refractivity contribution in [3.63, 3.8) is 0 Å². The molecule has 0 aliphatic heterocycles. The molecule has 1 aromatic carbocycles.